The molecule has 2 fully saturated rings. The van der Waals surface area contributed by atoms with Crippen LogP contribution in [0.4, 0.5) is 0 Å². The third kappa shape index (κ3) is 10.3. The highest BCUT2D eigenvalue weighted by atomic mass is 16.5. The molecule has 0 saturated heterocycles. The van der Waals surface area contributed by atoms with Crippen molar-refractivity contribution in [2.75, 3.05) is 26.9 Å². The van der Waals surface area contributed by atoms with Crippen LogP contribution in [0.25, 0.3) is 0 Å². The molecule has 2 saturated carbocycles. The Bertz CT molecular complexity index is 643. The Kier molecular flexibility index (Phi) is 16.7. The second kappa shape index (κ2) is 18.6. The highest BCUT2D eigenvalue weighted by Crippen LogP contribution is 2.43. The van der Waals surface area contributed by atoms with Gasteiger partial charge >= 0.3 is 0 Å². The van der Waals surface area contributed by atoms with Crippen molar-refractivity contribution >= 4 is 6.79 Å². The van der Waals surface area contributed by atoms with Crippen LogP contribution in [0.15, 0.2) is 30.9 Å². The predicted molar refractivity (Wildman–Crippen MR) is 143 cm³/mol. The molecular formula is C30H50O4. The van der Waals surface area contributed by atoms with Gasteiger partial charge in [0.05, 0.1) is 6.61 Å². The van der Waals surface area contributed by atoms with Gasteiger partial charge in [-0.15, -0.1) is 6.58 Å². The molecule has 2 aliphatic carbocycles. The molecule has 1 N–H and O–H groups in total. The minimum atomic E-state index is 0.332. The zero-order chi connectivity index (χ0) is 25.2. The predicted octanol–water partition coefficient (Wildman–Crippen LogP) is 7.45. The van der Waals surface area contributed by atoms with Crippen molar-refractivity contribution in [2.24, 2.45) is 11.8 Å². The standard InChI is InChI=1S/C26H42O3.C3H6.CH2O/c1-3-20-6-10-22(11-7-20)24-14-15-25(26(19-24)29-18-17-28-2)23-12-8-21(9-13-23)5-4-16-27;1-3-2;1-2/h14-15,19-23,27H,3-13,16-18H2,1-2H3;3H,1H2,2H3;1H2. The number of ether oxygens (including phenoxy) is 2. The summed E-state index contributed by atoms with van der Waals surface area (Å²) in [6, 6.07) is 7.13. The lowest BCUT2D eigenvalue weighted by Crippen LogP contribution is -2.16. The van der Waals surface area contributed by atoms with Gasteiger partial charge < -0.3 is 19.4 Å². The number of benzene rings is 1. The van der Waals surface area contributed by atoms with Crippen molar-refractivity contribution in [1.29, 1.82) is 0 Å². The first-order chi connectivity index (χ1) is 16.7. The van der Waals surface area contributed by atoms with Crippen molar-refractivity contribution in [3.8, 4) is 5.75 Å². The SMILES string of the molecule is C=CC.C=O.CCC1CCC(c2ccc(C3CCC(CCCO)CC3)c(OCCOC)c2)CC1. The molecule has 0 aromatic heterocycles. The van der Waals surface area contributed by atoms with E-state index in [1.807, 2.05) is 13.7 Å². The molecule has 34 heavy (non-hydrogen) atoms. The fourth-order valence-electron chi connectivity index (χ4n) is 5.55. The van der Waals surface area contributed by atoms with Crippen LogP contribution in [-0.2, 0) is 9.53 Å². The maximum absolute atomic E-state index is 9.10. The molecule has 4 nitrogen and oxygen atoms in total. The van der Waals surface area contributed by atoms with Crippen LogP contribution in [0.3, 0.4) is 0 Å². The van der Waals surface area contributed by atoms with E-state index < -0.39 is 0 Å². The topological polar surface area (TPSA) is 55.8 Å². The van der Waals surface area contributed by atoms with Crippen LogP contribution in [-0.4, -0.2) is 38.8 Å². The number of carbonyl (C=O) groups is 1. The molecule has 194 valence electrons. The average Bonchev–Trinajstić information content (AvgIpc) is 2.89. The summed E-state index contributed by atoms with van der Waals surface area (Å²) in [5.74, 6) is 4.15. The summed E-state index contributed by atoms with van der Waals surface area (Å²) in [7, 11) is 1.74. The molecule has 0 aliphatic heterocycles. The lowest BCUT2D eigenvalue weighted by molar-refractivity contribution is -0.0980. The van der Waals surface area contributed by atoms with Gasteiger partial charge in [-0.25, -0.2) is 0 Å². The Balaban J connectivity index is 0.00000107. The van der Waals surface area contributed by atoms with Crippen LogP contribution >= 0.6 is 0 Å². The molecule has 0 unspecified atom stereocenters. The van der Waals surface area contributed by atoms with Gasteiger partial charge in [-0.3, -0.25) is 0 Å². The van der Waals surface area contributed by atoms with Gasteiger partial charge in [0.2, 0.25) is 0 Å². The zero-order valence-electron chi connectivity index (χ0n) is 22.1. The van der Waals surface area contributed by atoms with Crippen LogP contribution in [0.5, 0.6) is 5.75 Å². The van der Waals surface area contributed by atoms with Crippen LogP contribution in [0.1, 0.15) is 107 Å². The molecule has 0 spiro atoms. The smallest absolute Gasteiger partial charge is 0.123 e. The van der Waals surface area contributed by atoms with Crippen molar-refractivity contribution in [1.82, 2.24) is 0 Å². The Labute approximate surface area is 209 Å². The number of aliphatic hydroxyl groups excluding tert-OH is 1. The molecule has 2 aliphatic rings. The summed E-state index contributed by atoms with van der Waals surface area (Å²) in [4.78, 5) is 8.00. The van der Waals surface area contributed by atoms with Crippen molar-refractivity contribution in [3.05, 3.63) is 42.0 Å². The first kappa shape index (κ1) is 30.4. The summed E-state index contributed by atoms with van der Waals surface area (Å²) in [6.07, 6.45) is 15.7. The Hall–Kier alpha value is -1.65. The summed E-state index contributed by atoms with van der Waals surface area (Å²) >= 11 is 0. The number of carbonyl (C=O) groups excluding carboxylic acids is 1. The second-order valence-electron chi connectivity index (χ2n) is 9.76. The molecule has 0 atom stereocenters. The van der Waals surface area contributed by atoms with Crippen molar-refractivity contribution < 1.29 is 19.4 Å². The highest BCUT2D eigenvalue weighted by Gasteiger charge is 2.26. The molecular weight excluding hydrogens is 424 g/mol. The average molecular weight is 475 g/mol. The van der Waals surface area contributed by atoms with E-state index in [0.29, 0.717) is 31.7 Å². The molecule has 1 aromatic rings. The fourth-order valence-corrected chi connectivity index (χ4v) is 5.55. The molecule has 3 rings (SSSR count). The number of aliphatic hydroxyl groups is 1. The molecule has 0 bridgehead atoms. The zero-order valence-corrected chi connectivity index (χ0v) is 22.1. The van der Waals surface area contributed by atoms with Gasteiger partial charge in [0.1, 0.15) is 19.1 Å². The Morgan fingerprint density at radius 1 is 0.971 bits per heavy atom. The van der Waals surface area contributed by atoms with E-state index in [9.17, 15) is 0 Å². The number of rotatable bonds is 10. The van der Waals surface area contributed by atoms with E-state index in [4.69, 9.17) is 19.4 Å². The van der Waals surface area contributed by atoms with E-state index in [1.54, 1.807) is 13.2 Å². The first-order valence-corrected chi connectivity index (χ1v) is 13.4. The van der Waals surface area contributed by atoms with Crippen LogP contribution in [0, 0.1) is 11.8 Å². The number of hydrogen-bond acceptors (Lipinski definition) is 4. The van der Waals surface area contributed by atoms with Gasteiger partial charge in [0.25, 0.3) is 0 Å². The molecule has 0 amide bonds. The van der Waals surface area contributed by atoms with E-state index in [2.05, 4.69) is 31.7 Å². The van der Waals surface area contributed by atoms with E-state index in [1.165, 1.54) is 75.3 Å². The Morgan fingerprint density at radius 3 is 2.12 bits per heavy atom. The minimum Gasteiger partial charge on any atom is -0.491 e. The number of hydrogen-bond donors (Lipinski definition) is 1. The lowest BCUT2D eigenvalue weighted by atomic mass is 9.75. The summed E-state index contributed by atoms with van der Waals surface area (Å²) in [5, 5.41) is 9.10. The summed E-state index contributed by atoms with van der Waals surface area (Å²) in [5.41, 5.74) is 2.89. The van der Waals surface area contributed by atoms with Crippen LogP contribution in [0.2, 0.25) is 0 Å². The first-order valence-electron chi connectivity index (χ1n) is 13.4. The minimum absolute atomic E-state index is 0.332. The largest absolute Gasteiger partial charge is 0.491 e. The Morgan fingerprint density at radius 2 is 1.56 bits per heavy atom. The van der Waals surface area contributed by atoms with E-state index in [-0.39, 0.29) is 0 Å². The van der Waals surface area contributed by atoms with Gasteiger partial charge in [-0.05, 0) is 112 Å². The summed E-state index contributed by atoms with van der Waals surface area (Å²) in [6.45, 7) is 11.2. The third-order valence-corrected chi connectivity index (χ3v) is 7.54. The van der Waals surface area contributed by atoms with Crippen LogP contribution < -0.4 is 4.74 Å². The summed E-state index contributed by atoms with van der Waals surface area (Å²) < 4.78 is 11.5. The highest BCUT2D eigenvalue weighted by molar-refractivity contribution is 5.41. The normalized spacial score (nSPS) is 24.1. The maximum Gasteiger partial charge on any atom is 0.123 e. The number of methoxy groups -OCH3 is 1. The van der Waals surface area contributed by atoms with E-state index in [0.717, 1.165) is 24.0 Å². The van der Waals surface area contributed by atoms with Crippen molar-refractivity contribution in [2.45, 2.75) is 96.3 Å². The fraction of sp³-hybridized carbons (Fsp3) is 0.700. The molecule has 0 radical (unpaired) electrons. The van der Waals surface area contributed by atoms with Crippen molar-refractivity contribution in [3.63, 3.8) is 0 Å². The number of allylic oxidation sites excluding steroid dienone is 1. The van der Waals surface area contributed by atoms with Gasteiger partial charge in [0.15, 0.2) is 0 Å². The van der Waals surface area contributed by atoms with Gasteiger partial charge in [-0.1, -0.05) is 31.6 Å². The monoisotopic (exact) mass is 474 g/mol. The molecule has 4 heteroatoms. The lowest BCUT2D eigenvalue weighted by Gasteiger charge is -2.31. The van der Waals surface area contributed by atoms with Gasteiger partial charge in [0, 0.05) is 13.7 Å². The molecule has 0 heterocycles. The second-order valence-corrected chi connectivity index (χ2v) is 9.76. The maximum atomic E-state index is 9.10. The van der Waals surface area contributed by atoms with E-state index >= 15 is 0 Å². The quantitative estimate of drug-likeness (QED) is 0.283. The third-order valence-electron chi connectivity index (χ3n) is 7.54. The molecule has 1 aromatic carbocycles. The van der Waals surface area contributed by atoms with Gasteiger partial charge in [-0.2, -0.15) is 0 Å².